The van der Waals surface area contributed by atoms with Gasteiger partial charge in [-0.25, -0.2) is 13.7 Å². The second kappa shape index (κ2) is 38.4. The molecule has 0 aliphatic heterocycles. The zero-order chi connectivity index (χ0) is 51.6. The van der Waals surface area contributed by atoms with Crippen molar-refractivity contribution in [3.8, 4) is 0 Å². The van der Waals surface area contributed by atoms with Crippen LogP contribution in [0.4, 0.5) is 0 Å². The number of ketones is 1. The summed E-state index contributed by atoms with van der Waals surface area (Å²) in [5.74, 6) is -0.941. The lowest BCUT2D eigenvalue weighted by Gasteiger charge is -2.44. The minimum atomic E-state index is -5.55. The molecule has 408 valence electrons. The Kier molecular flexibility index (Phi) is 36.6. The second-order valence-electron chi connectivity index (χ2n) is 18.5. The molecule has 0 aromatic heterocycles. The first-order valence-corrected chi connectivity index (χ1v) is 30.3. The van der Waals surface area contributed by atoms with Crippen LogP contribution in [0.15, 0.2) is 0 Å². The van der Waals surface area contributed by atoms with Crippen LogP contribution in [0.25, 0.3) is 0 Å². The fourth-order valence-corrected chi connectivity index (χ4v) is 10.3. The number of unbranched alkanes of at least 4 members (excludes halogenated alkanes) is 25. The maximum absolute atomic E-state index is 13.2. The number of esters is 2. The van der Waals surface area contributed by atoms with Crippen molar-refractivity contribution in [2.45, 2.75) is 262 Å². The smallest absolute Gasteiger partial charge is 0.462 e. The molecular formula is C46H89O20P3. The summed E-state index contributed by atoms with van der Waals surface area (Å²) in [5, 5.41) is 31.9. The van der Waals surface area contributed by atoms with E-state index in [0.717, 1.165) is 83.5 Å². The van der Waals surface area contributed by atoms with Crippen molar-refractivity contribution in [3.63, 3.8) is 0 Å². The summed E-state index contributed by atoms with van der Waals surface area (Å²) in [6.45, 7) is 2.72. The fraction of sp³-hybridized carbons (Fsp3) is 0.935. The van der Waals surface area contributed by atoms with Crippen LogP contribution >= 0.6 is 23.5 Å². The van der Waals surface area contributed by atoms with Crippen molar-refractivity contribution in [1.82, 2.24) is 0 Å². The van der Waals surface area contributed by atoms with Crippen molar-refractivity contribution in [1.29, 1.82) is 0 Å². The van der Waals surface area contributed by atoms with E-state index < -0.39 is 91.3 Å². The van der Waals surface area contributed by atoms with E-state index in [-0.39, 0.29) is 12.8 Å². The van der Waals surface area contributed by atoms with Gasteiger partial charge in [0.1, 0.15) is 49.0 Å². The molecule has 0 aromatic rings. The average molecular weight is 1060 g/mol. The lowest BCUT2D eigenvalue weighted by Crippen LogP contribution is -2.65. The Hall–Kier alpha value is -1.18. The summed E-state index contributed by atoms with van der Waals surface area (Å²) in [7, 11) is -16.6. The van der Waals surface area contributed by atoms with Gasteiger partial charge in [-0.15, -0.1) is 0 Å². The lowest BCUT2D eigenvalue weighted by atomic mass is 9.85. The molecule has 0 aromatic carbocycles. The first-order chi connectivity index (χ1) is 32.7. The highest BCUT2D eigenvalue weighted by Gasteiger charge is 2.56. The van der Waals surface area contributed by atoms with Crippen LogP contribution < -0.4 is 0 Å². The van der Waals surface area contributed by atoms with Crippen LogP contribution in [0.5, 0.6) is 0 Å². The molecule has 1 aliphatic carbocycles. The molecule has 0 bridgehead atoms. The van der Waals surface area contributed by atoms with Gasteiger partial charge in [-0.2, -0.15) is 0 Å². The van der Waals surface area contributed by atoms with Crippen molar-refractivity contribution < 1.29 is 95.4 Å². The minimum absolute atomic E-state index is 0.00958. The average Bonchev–Trinajstić information content (AvgIpc) is 3.27. The van der Waals surface area contributed by atoms with Crippen molar-refractivity contribution in [3.05, 3.63) is 0 Å². The summed E-state index contributed by atoms with van der Waals surface area (Å²) in [6, 6.07) is 0. The van der Waals surface area contributed by atoms with Crippen LogP contribution in [0.1, 0.15) is 219 Å². The van der Waals surface area contributed by atoms with Gasteiger partial charge in [-0.3, -0.25) is 32.5 Å². The molecule has 0 saturated heterocycles. The van der Waals surface area contributed by atoms with E-state index in [1.165, 1.54) is 83.5 Å². The van der Waals surface area contributed by atoms with E-state index in [9.17, 15) is 67.9 Å². The molecule has 0 radical (unpaired) electrons. The standard InChI is InChI=1S/C46H89O20P3/c1-3-5-6-7-8-9-10-13-18-21-24-27-30-34-40(49)63-38(35-61-39(48)33-29-26-23-20-17-15-12-11-14-16-19-22-25-28-32-37(47)31-4-2)36-62-69(59,60)66-46-42(51)44(64-67(53,54)55)41(50)45(43(46)52)65-68(56,57)58/h38,41-46,50-52H,3-36H2,1-2H3,(H,59,60)(H2,53,54,55)(H2,56,57,58)/t38-,41?,42-,43?,44-,45+,46?/m1/s1. The zero-order valence-electron chi connectivity index (χ0n) is 41.4. The molecule has 1 fully saturated rings. The topological polar surface area (TPSA) is 320 Å². The third-order valence-corrected chi connectivity index (χ3v) is 14.1. The molecule has 0 heterocycles. The molecule has 0 amide bonds. The maximum Gasteiger partial charge on any atom is 0.472 e. The number of rotatable bonds is 45. The van der Waals surface area contributed by atoms with E-state index in [2.05, 4.69) is 16.0 Å². The number of Topliss-reactive ketones (excluding diaryl/α,β-unsaturated/α-hetero) is 1. The SMILES string of the molecule is CCCCCCCCCCCCCCCC(=O)O[C@H](COC(=O)CCCCCCCCCCCCCCCCC(=O)CCC)COP(=O)(O)OC1C(O)[C@@H](OP(=O)(O)O)C(O)[C@@H](OP(=O)(O)O)[C@H]1O. The molecule has 1 aliphatic rings. The first-order valence-electron chi connectivity index (χ1n) is 25.7. The largest absolute Gasteiger partial charge is 0.472 e. The van der Waals surface area contributed by atoms with Crippen molar-refractivity contribution >= 4 is 41.2 Å². The number of carbonyl (C=O) groups is 3. The van der Waals surface area contributed by atoms with Crippen LogP contribution in [-0.2, 0) is 55.6 Å². The molecule has 8 atom stereocenters. The predicted molar refractivity (Wildman–Crippen MR) is 257 cm³/mol. The lowest BCUT2D eigenvalue weighted by molar-refractivity contribution is -0.213. The van der Waals surface area contributed by atoms with Gasteiger partial charge in [0.25, 0.3) is 0 Å². The Morgan fingerprint density at radius 3 is 1.12 bits per heavy atom. The second-order valence-corrected chi connectivity index (χ2v) is 22.2. The van der Waals surface area contributed by atoms with Crippen LogP contribution in [-0.4, -0.2) is 113 Å². The molecule has 69 heavy (non-hydrogen) atoms. The van der Waals surface area contributed by atoms with Gasteiger partial charge in [0, 0.05) is 25.7 Å². The summed E-state index contributed by atoms with van der Waals surface area (Å²) in [6.07, 6.45) is 15.1. The molecule has 0 spiro atoms. The normalized spacial score (nSPS) is 21.2. The first kappa shape index (κ1) is 65.8. The van der Waals surface area contributed by atoms with Gasteiger partial charge in [-0.1, -0.05) is 168 Å². The number of phosphoric ester groups is 3. The number of carbonyl (C=O) groups excluding carboxylic acids is 3. The molecular weight excluding hydrogens is 965 g/mol. The predicted octanol–water partition coefficient (Wildman–Crippen LogP) is 9.09. The maximum atomic E-state index is 13.2. The highest BCUT2D eigenvalue weighted by atomic mass is 31.2. The zero-order valence-corrected chi connectivity index (χ0v) is 44.1. The van der Waals surface area contributed by atoms with E-state index in [4.69, 9.17) is 18.5 Å². The molecule has 23 heteroatoms. The van der Waals surface area contributed by atoms with Gasteiger partial charge < -0.3 is 49.3 Å². The number of phosphoric acid groups is 3. The Labute approximate surface area is 410 Å². The number of hydrogen-bond donors (Lipinski definition) is 8. The summed E-state index contributed by atoms with van der Waals surface area (Å²) >= 11 is 0. The van der Waals surface area contributed by atoms with E-state index in [1.54, 1.807) is 0 Å². The summed E-state index contributed by atoms with van der Waals surface area (Å²) in [4.78, 5) is 85.0. The highest BCUT2D eigenvalue weighted by Crippen LogP contribution is 2.51. The third kappa shape index (κ3) is 34.8. The number of aliphatic hydroxyl groups excluding tert-OH is 3. The highest BCUT2D eigenvalue weighted by molar-refractivity contribution is 7.47. The van der Waals surface area contributed by atoms with Crippen molar-refractivity contribution in [2.75, 3.05) is 13.2 Å². The van der Waals surface area contributed by atoms with Gasteiger partial charge in [0.05, 0.1) is 6.61 Å². The number of hydrogen-bond acceptors (Lipinski definition) is 15. The monoisotopic (exact) mass is 1050 g/mol. The van der Waals surface area contributed by atoms with E-state index >= 15 is 0 Å². The number of ether oxygens (including phenoxy) is 2. The van der Waals surface area contributed by atoms with Crippen LogP contribution in [0, 0.1) is 0 Å². The molecule has 20 nitrogen and oxygen atoms in total. The Bertz CT molecular complexity index is 1470. The quantitative estimate of drug-likeness (QED) is 0.0160. The summed E-state index contributed by atoms with van der Waals surface area (Å²) in [5.41, 5.74) is 0. The van der Waals surface area contributed by atoms with E-state index in [0.29, 0.717) is 31.5 Å². The number of aliphatic hydroxyl groups is 3. The van der Waals surface area contributed by atoms with Gasteiger partial charge in [0.2, 0.25) is 0 Å². The molecule has 4 unspecified atom stereocenters. The van der Waals surface area contributed by atoms with Crippen LogP contribution in [0.2, 0.25) is 0 Å². The van der Waals surface area contributed by atoms with Gasteiger partial charge in [0.15, 0.2) is 6.10 Å². The van der Waals surface area contributed by atoms with Gasteiger partial charge in [-0.05, 0) is 25.7 Å². The van der Waals surface area contributed by atoms with Crippen molar-refractivity contribution in [2.24, 2.45) is 0 Å². The fourth-order valence-electron chi connectivity index (χ4n) is 8.24. The Morgan fingerprint density at radius 2 is 0.754 bits per heavy atom. The Morgan fingerprint density at radius 1 is 0.420 bits per heavy atom. The molecule has 1 saturated carbocycles. The molecule has 1 rings (SSSR count). The Balaban J connectivity index is 2.66. The van der Waals surface area contributed by atoms with E-state index in [1.807, 2.05) is 6.92 Å². The van der Waals surface area contributed by atoms with Crippen LogP contribution in [0.3, 0.4) is 0 Å². The summed E-state index contributed by atoms with van der Waals surface area (Å²) < 4.78 is 65.6. The minimum Gasteiger partial charge on any atom is -0.462 e. The third-order valence-electron chi connectivity index (χ3n) is 12.0. The molecule has 8 N–H and O–H groups in total. The van der Waals surface area contributed by atoms with Gasteiger partial charge >= 0.3 is 35.4 Å².